The van der Waals surface area contributed by atoms with Crippen LogP contribution >= 0.6 is 0 Å². The summed E-state index contributed by atoms with van der Waals surface area (Å²) < 4.78 is 6.41. The summed E-state index contributed by atoms with van der Waals surface area (Å²) in [6.45, 7) is 17.1. The molecule has 0 aliphatic heterocycles. The van der Waals surface area contributed by atoms with E-state index in [2.05, 4.69) is 62.0 Å². The van der Waals surface area contributed by atoms with Crippen molar-refractivity contribution in [3.63, 3.8) is 0 Å². The van der Waals surface area contributed by atoms with Crippen molar-refractivity contribution in [1.82, 2.24) is 16.0 Å². The molecule has 0 bridgehead atoms. The van der Waals surface area contributed by atoms with Gasteiger partial charge in [0, 0.05) is 31.7 Å². The lowest BCUT2D eigenvalue weighted by molar-refractivity contribution is -0.132. The van der Waals surface area contributed by atoms with Crippen LogP contribution in [0.5, 0.6) is 0 Å². The highest BCUT2D eigenvalue weighted by molar-refractivity contribution is 6.00. The maximum Gasteiger partial charge on any atom is 0.247 e. The van der Waals surface area contributed by atoms with Gasteiger partial charge in [-0.2, -0.15) is 0 Å². The van der Waals surface area contributed by atoms with Gasteiger partial charge in [0.15, 0.2) is 0 Å². The van der Waals surface area contributed by atoms with E-state index in [-0.39, 0.29) is 49.2 Å². The van der Waals surface area contributed by atoms with E-state index >= 15 is 0 Å². The lowest BCUT2D eigenvalue weighted by Crippen LogP contribution is -2.54. The fraction of sp³-hybridized carbons (Fsp3) is 0.745. The average molecular weight is 876 g/mol. The number of hydrogen-bond acceptors (Lipinski definition) is 7. The highest BCUT2D eigenvalue weighted by Gasteiger charge is 2.59. The number of aliphatic hydroxyl groups excluding tert-OH is 1. The third-order valence-electron chi connectivity index (χ3n) is 15.6. The maximum absolute atomic E-state index is 13.4. The quantitative estimate of drug-likeness (QED) is 0.0480. The first kappa shape index (κ1) is 50.2. The number of anilines is 1. The Kier molecular flexibility index (Phi) is 18.3. The second kappa shape index (κ2) is 22.9. The van der Waals surface area contributed by atoms with Crippen molar-refractivity contribution >= 4 is 35.2 Å². The van der Waals surface area contributed by atoms with Gasteiger partial charge in [-0.15, -0.1) is 0 Å². The van der Waals surface area contributed by atoms with E-state index in [0.29, 0.717) is 36.2 Å². The number of nitrogens with one attached hydrogen (secondary N) is 4. The zero-order chi connectivity index (χ0) is 45.9. The van der Waals surface area contributed by atoms with Crippen LogP contribution in [0.25, 0.3) is 0 Å². The number of carbonyl (C=O) groups is 5. The van der Waals surface area contributed by atoms with Crippen molar-refractivity contribution in [2.75, 3.05) is 18.5 Å². The van der Waals surface area contributed by atoms with Gasteiger partial charge in [-0.3, -0.25) is 24.0 Å². The van der Waals surface area contributed by atoms with Gasteiger partial charge in [0.2, 0.25) is 29.5 Å². The highest BCUT2D eigenvalue weighted by atomic mass is 16.5. The third-order valence-corrected chi connectivity index (χ3v) is 15.6. The molecule has 5 rings (SSSR count). The lowest BCUT2D eigenvalue weighted by Gasteiger charge is -2.58. The third kappa shape index (κ3) is 13.4. The average Bonchev–Trinajstić information content (AvgIpc) is 3.59. The predicted octanol–water partition coefficient (Wildman–Crippen LogP) is 7.72. The van der Waals surface area contributed by atoms with Crippen LogP contribution in [-0.2, 0) is 35.3 Å². The number of rotatable bonds is 23. The fourth-order valence-corrected chi connectivity index (χ4v) is 12.2. The van der Waals surface area contributed by atoms with Crippen LogP contribution in [0.3, 0.4) is 0 Å². The van der Waals surface area contributed by atoms with Crippen LogP contribution in [-0.4, -0.2) is 66.0 Å². The molecule has 4 aliphatic carbocycles. The smallest absolute Gasteiger partial charge is 0.247 e. The Morgan fingerprint density at radius 2 is 1.56 bits per heavy atom. The molecule has 3 fully saturated rings. The van der Waals surface area contributed by atoms with Gasteiger partial charge in [-0.05, 0) is 134 Å². The van der Waals surface area contributed by atoms with Gasteiger partial charge in [-0.1, -0.05) is 91.5 Å². The summed E-state index contributed by atoms with van der Waals surface area (Å²) in [7, 11) is 0. The molecule has 0 radical (unpaired) electrons. The van der Waals surface area contributed by atoms with Crippen LogP contribution in [0.15, 0.2) is 35.9 Å². The summed E-state index contributed by atoms with van der Waals surface area (Å²) in [6, 6.07) is 4.18. The maximum atomic E-state index is 13.4. The van der Waals surface area contributed by atoms with Gasteiger partial charge in [0.05, 0.1) is 19.1 Å². The van der Waals surface area contributed by atoms with Crippen LogP contribution in [0.2, 0.25) is 0 Å². The molecule has 0 aromatic heterocycles. The Morgan fingerprint density at radius 3 is 2.24 bits per heavy atom. The van der Waals surface area contributed by atoms with Crippen LogP contribution in [0.4, 0.5) is 5.69 Å². The second-order valence-electron chi connectivity index (χ2n) is 21.1. The number of allylic oxidation sites excluding steroid dienone is 1. The number of fused-ring (bicyclic) bond motifs is 5. The first-order valence-corrected chi connectivity index (χ1v) is 24.4. The summed E-state index contributed by atoms with van der Waals surface area (Å²) in [5, 5.41) is 20.1. The second-order valence-corrected chi connectivity index (χ2v) is 21.1. The van der Waals surface area contributed by atoms with E-state index in [1.165, 1.54) is 57.8 Å². The number of amides is 5. The summed E-state index contributed by atoms with van der Waals surface area (Å²) in [5.74, 6) is 2.16. The van der Waals surface area contributed by atoms with E-state index in [0.717, 1.165) is 48.3 Å². The van der Waals surface area contributed by atoms with Crippen molar-refractivity contribution in [2.45, 2.75) is 176 Å². The molecule has 1 aromatic carbocycles. The summed E-state index contributed by atoms with van der Waals surface area (Å²) >= 11 is 0. The van der Waals surface area contributed by atoms with Gasteiger partial charge >= 0.3 is 0 Å². The minimum absolute atomic E-state index is 0.0108. The van der Waals surface area contributed by atoms with Crippen molar-refractivity contribution in [1.29, 1.82) is 0 Å². The number of nitrogens with two attached hydrogens (primary N) is 1. The lowest BCUT2D eigenvalue weighted by atomic mass is 9.47. The molecule has 7 N–H and O–H groups in total. The van der Waals surface area contributed by atoms with Crippen molar-refractivity contribution in [3.8, 4) is 0 Å². The van der Waals surface area contributed by atoms with Crippen LogP contribution in [0, 0.1) is 52.3 Å². The number of primary amides is 1. The minimum atomic E-state index is -1.28. The van der Waals surface area contributed by atoms with Crippen LogP contribution in [0.1, 0.15) is 157 Å². The molecule has 0 unspecified atom stereocenters. The number of benzene rings is 1. The number of carbonyl (C=O) groups excluding carboxylic acids is 5. The van der Waals surface area contributed by atoms with Gasteiger partial charge in [0.25, 0.3) is 0 Å². The molecule has 12 heteroatoms. The normalized spacial score (nSPS) is 27.8. The standard InChI is InChI=1S/C51H81N5O7/c1-32(2)10-8-11-34(5)40-18-19-41-39-17-14-36-29-38(22-24-50(36,6)42(39)23-25-51(40,41)7)63-27-9-26-53-46(59)20-21-47(60)55-43(28-33(3)4)49(62)56-44(30-45(52)58)48(61)54-37-15-12-35(31-57)13-16-37/h12-16,32-34,38-44,57H,8-11,17-31H2,1-7H3,(H2,52,58)(H,53,59)(H,54,61)(H,55,60)(H,56,62)/t34-,38+,39+,40-,41+,42+,43+,44+,50+,51-/m1/s1. The molecule has 63 heavy (non-hydrogen) atoms. The first-order valence-electron chi connectivity index (χ1n) is 24.4. The van der Waals surface area contributed by atoms with Crippen molar-refractivity contribution in [2.24, 2.45) is 58.0 Å². The first-order chi connectivity index (χ1) is 29.9. The van der Waals surface area contributed by atoms with E-state index < -0.39 is 42.1 Å². The molecule has 12 nitrogen and oxygen atoms in total. The van der Waals surface area contributed by atoms with Crippen molar-refractivity contribution < 1.29 is 33.8 Å². The zero-order valence-electron chi connectivity index (χ0n) is 39.6. The largest absolute Gasteiger partial charge is 0.392 e. The fourth-order valence-electron chi connectivity index (χ4n) is 12.2. The van der Waals surface area contributed by atoms with E-state index in [1.54, 1.807) is 29.8 Å². The summed E-state index contributed by atoms with van der Waals surface area (Å²) in [4.78, 5) is 63.9. The van der Waals surface area contributed by atoms with E-state index in [4.69, 9.17) is 10.5 Å². The molecule has 0 spiro atoms. The molecular formula is C51H81N5O7. The number of aliphatic hydroxyl groups is 1. The van der Waals surface area contributed by atoms with Gasteiger partial charge < -0.3 is 36.8 Å². The Morgan fingerprint density at radius 1 is 0.825 bits per heavy atom. The van der Waals surface area contributed by atoms with E-state index in [9.17, 15) is 29.1 Å². The molecule has 1 aromatic rings. The molecule has 3 saturated carbocycles. The Labute approximate surface area is 377 Å². The monoisotopic (exact) mass is 876 g/mol. The molecule has 0 heterocycles. The molecule has 10 atom stereocenters. The highest BCUT2D eigenvalue weighted by Crippen LogP contribution is 2.67. The summed E-state index contributed by atoms with van der Waals surface area (Å²) in [5.41, 5.74) is 8.86. The summed E-state index contributed by atoms with van der Waals surface area (Å²) in [6.07, 6.45) is 17.4. The van der Waals surface area contributed by atoms with E-state index in [1.807, 2.05) is 13.8 Å². The molecule has 5 amide bonds. The molecule has 0 saturated heterocycles. The number of ether oxygens (including phenoxy) is 1. The molecule has 352 valence electrons. The Bertz CT molecular complexity index is 1750. The van der Waals surface area contributed by atoms with Crippen LogP contribution < -0.4 is 27.0 Å². The Hall–Kier alpha value is -3.77. The Balaban J connectivity index is 1.01. The van der Waals surface area contributed by atoms with Gasteiger partial charge in [-0.25, -0.2) is 0 Å². The molecule has 4 aliphatic rings. The number of hydrogen-bond donors (Lipinski definition) is 6. The van der Waals surface area contributed by atoms with Crippen molar-refractivity contribution in [3.05, 3.63) is 41.5 Å². The zero-order valence-corrected chi connectivity index (χ0v) is 39.6. The molecular weight excluding hydrogens is 795 g/mol. The SMILES string of the molecule is CC(C)CCC[C@@H](C)[C@H]1CC[C@H]2[C@@H]3CC=C4C[C@@H](OCCCNC(=O)CCC(=O)N[C@@H](CC(C)C)C(=O)N[C@@H](CC(N)=O)C(=O)Nc5ccc(CO)cc5)CC[C@]4(C)[C@H]3CC[C@]12C. The van der Waals surface area contributed by atoms with Gasteiger partial charge in [0.1, 0.15) is 12.1 Å². The predicted molar refractivity (Wildman–Crippen MR) is 248 cm³/mol. The minimum Gasteiger partial charge on any atom is -0.392 e. The topological polar surface area (TPSA) is 189 Å².